The predicted octanol–water partition coefficient (Wildman–Crippen LogP) is 3.10. The number of pyridine rings is 1. The van der Waals surface area contributed by atoms with Crippen molar-refractivity contribution in [2.45, 2.75) is 19.7 Å². The Balaban J connectivity index is 3.40. The predicted molar refractivity (Wildman–Crippen MR) is 58.4 cm³/mol. The van der Waals surface area contributed by atoms with Crippen molar-refractivity contribution in [1.29, 1.82) is 0 Å². The van der Waals surface area contributed by atoms with Gasteiger partial charge in [0.05, 0.1) is 19.3 Å². The number of halogens is 5. The summed E-state index contributed by atoms with van der Waals surface area (Å²) in [4.78, 5) is 14.6. The molecule has 5 nitrogen and oxygen atoms in total. The van der Waals surface area contributed by atoms with Gasteiger partial charge in [0.1, 0.15) is 0 Å². The standard InChI is InChI=1S/C11H10F5NO4/c1-3-20-10(18)6-4-5(8(12)13)7(19-2)9(17-6)21-11(14,15)16/h4,8H,3H2,1-2H3. The van der Waals surface area contributed by atoms with Gasteiger partial charge in [-0.25, -0.2) is 18.6 Å². The topological polar surface area (TPSA) is 57.7 Å². The second-order valence-electron chi connectivity index (χ2n) is 3.50. The van der Waals surface area contributed by atoms with Crippen molar-refractivity contribution in [1.82, 2.24) is 4.98 Å². The molecule has 0 unspecified atom stereocenters. The average molecular weight is 315 g/mol. The molecule has 0 spiro atoms. The van der Waals surface area contributed by atoms with Crippen molar-refractivity contribution >= 4 is 5.97 Å². The molecule has 0 atom stereocenters. The van der Waals surface area contributed by atoms with Crippen LogP contribution in [0.15, 0.2) is 6.07 Å². The van der Waals surface area contributed by atoms with Crippen LogP contribution in [0.25, 0.3) is 0 Å². The Bertz CT molecular complexity index is 518. The number of alkyl halides is 5. The lowest BCUT2D eigenvalue weighted by atomic mass is 10.2. The van der Waals surface area contributed by atoms with Crippen LogP contribution in [-0.4, -0.2) is 31.0 Å². The van der Waals surface area contributed by atoms with Gasteiger partial charge in [0, 0.05) is 0 Å². The van der Waals surface area contributed by atoms with Gasteiger partial charge in [-0.3, -0.25) is 0 Å². The van der Waals surface area contributed by atoms with E-state index in [1.165, 1.54) is 6.92 Å². The summed E-state index contributed by atoms with van der Waals surface area (Å²) < 4.78 is 74.9. The SMILES string of the molecule is CCOC(=O)c1cc(C(F)F)c(OC)c(OC(F)(F)F)n1. The molecule has 0 saturated carbocycles. The molecule has 0 aromatic carbocycles. The molecule has 0 fully saturated rings. The maximum absolute atomic E-state index is 12.9. The molecular formula is C11H10F5NO4. The van der Waals surface area contributed by atoms with E-state index in [-0.39, 0.29) is 6.61 Å². The van der Waals surface area contributed by atoms with Gasteiger partial charge in [-0.05, 0) is 13.0 Å². The highest BCUT2D eigenvalue weighted by Crippen LogP contribution is 2.38. The van der Waals surface area contributed by atoms with Gasteiger partial charge in [-0.15, -0.1) is 13.2 Å². The molecule has 0 aliphatic heterocycles. The van der Waals surface area contributed by atoms with Gasteiger partial charge in [0.15, 0.2) is 11.4 Å². The zero-order chi connectivity index (χ0) is 16.2. The maximum atomic E-state index is 12.9. The fourth-order valence-electron chi connectivity index (χ4n) is 1.38. The number of nitrogens with zero attached hydrogens (tertiary/aromatic N) is 1. The van der Waals surface area contributed by atoms with Crippen molar-refractivity contribution < 1.29 is 41.0 Å². The van der Waals surface area contributed by atoms with E-state index in [1.807, 2.05) is 0 Å². The quantitative estimate of drug-likeness (QED) is 0.617. The molecule has 10 heteroatoms. The van der Waals surface area contributed by atoms with Gasteiger partial charge < -0.3 is 14.2 Å². The van der Waals surface area contributed by atoms with Crippen LogP contribution >= 0.6 is 0 Å². The van der Waals surface area contributed by atoms with Crippen LogP contribution in [0.1, 0.15) is 29.4 Å². The number of methoxy groups -OCH3 is 1. The minimum Gasteiger partial charge on any atom is -0.491 e. The number of carbonyl (C=O) groups excluding carboxylic acids is 1. The van der Waals surface area contributed by atoms with E-state index in [4.69, 9.17) is 0 Å². The highest BCUT2D eigenvalue weighted by molar-refractivity contribution is 5.88. The molecule has 1 rings (SSSR count). The normalized spacial score (nSPS) is 11.4. The summed E-state index contributed by atoms with van der Waals surface area (Å²) >= 11 is 0. The molecule has 1 aromatic heterocycles. The first kappa shape index (κ1) is 16.9. The van der Waals surface area contributed by atoms with E-state index >= 15 is 0 Å². The lowest BCUT2D eigenvalue weighted by molar-refractivity contribution is -0.276. The first-order valence-corrected chi connectivity index (χ1v) is 5.49. The van der Waals surface area contributed by atoms with Crippen LogP contribution in [-0.2, 0) is 4.74 Å². The minimum absolute atomic E-state index is 0.105. The van der Waals surface area contributed by atoms with Crippen LogP contribution in [0.4, 0.5) is 22.0 Å². The lowest BCUT2D eigenvalue weighted by Crippen LogP contribution is -2.20. The smallest absolute Gasteiger partial charge is 0.491 e. The van der Waals surface area contributed by atoms with E-state index in [2.05, 4.69) is 19.2 Å². The Morgan fingerprint density at radius 3 is 2.43 bits per heavy atom. The largest absolute Gasteiger partial charge is 0.574 e. The van der Waals surface area contributed by atoms with E-state index in [0.29, 0.717) is 6.07 Å². The molecule has 1 heterocycles. The Labute approximate surface area is 115 Å². The number of esters is 1. The van der Waals surface area contributed by atoms with Gasteiger partial charge in [-0.2, -0.15) is 0 Å². The molecule has 1 aromatic rings. The van der Waals surface area contributed by atoms with E-state index < -0.39 is 41.6 Å². The van der Waals surface area contributed by atoms with Crippen LogP contribution in [0.5, 0.6) is 11.6 Å². The minimum atomic E-state index is -5.19. The van der Waals surface area contributed by atoms with E-state index in [9.17, 15) is 26.7 Å². The summed E-state index contributed by atoms with van der Waals surface area (Å²) in [6, 6.07) is 0.588. The molecule has 0 bridgehead atoms. The fraction of sp³-hybridized carbons (Fsp3) is 0.455. The average Bonchev–Trinajstić information content (AvgIpc) is 2.36. The first-order valence-electron chi connectivity index (χ1n) is 5.49. The molecule has 0 amide bonds. The Morgan fingerprint density at radius 1 is 1.38 bits per heavy atom. The number of rotatable bonds is 5. The molecule has 0 aliphatic carbocycles. The molecule has 21 heavy (non-hydrogen) atoms. The molecular weight excluding hydrogens is 305 g/mol. The fourth-order valence-corrected chi connectivity index (χ4v) is 1.38. The van der Waals surface area contributed by atoms with Crippen molar-refractivity contribution in [3.63, 3.8) is 0 Å². The van der Waals surface area contributed by atoms with Crippen molar-refractivity contribution in [3.8, 4) is 11.6 Å². The Kier molecular flexibility index (Phi) is 5.28. The van der Waals surface area contributed by atoms with Gasteiger partial charge in [-0.1, -0.05) is 0 Å². The van der Waals surface area contributed by atoms with Crippen molar-refractivity contribution in [2.75, 3.05) is 13.7 Å². The van der Waals surface area contributed by atoms with Gasteiger partial charge in [0.25, 0.3) is 12.3 Å². The summed E-state index contributed by atoms with van der Waals surface area (Å²) in [7, 11) is 0.871. The summed E-state index contributed by atoms with van der Waals surface area (Å²) in [5, 5.41) is 0. The summed E-state index contributed by atoms with van der Waals surface area (Å²) in [6.45, 7) is 1.33. The van der Waals surface area contributed by atoms with Crippen LogP contribution in [0.3, 0.4) is 0 Å². The van der Waals surface area contributed by atoms with Crippen molar-refractivity contribution in [2.24, 2.45) is 0 Å². The van der Waals surface area contributed by atoms with Crippen molar-refractivity contribution in [3.05, 3.63) is 17.3 Å². The van der Waals surface area contributed by atoms with Gasteiger partial charge in [0.2, 0.25) is 0 Å². The number of carbonyl (C=O) groups is 1. The Hall–Kier alpha value is -2.13. The number of hydrogen-bond acceptors (Lipinski definition) is 5. The molecule has 0 saturated heterocycles. The van der Waals surface area contributed by atoms with E-state index in [0.717, 1.165) is 7.11 Å². The highest BCUT2D eigenvalue weighted by Gasteiger charge is 2.35. The van der Waals surface area contributed by atoms with Crippen LogP contribution in [0.2, 0.25) is 0 Å². The first-order chi connectivity index (χ1) is 9.69. The summed E-state index contributed by atoms with van der Waals surface area (Å²) in [5.41, 5.74) is -1.71. The second-order valence-corrected chi connectivity index (χ2v) is 3.50. The third-order valence-electron chi connectivity index (χ3n) is 2.11. The third-order valence-corrected chi connectivity index (χ3v) is 2.11. The highest BCUT2D eigenvalue weighted by atomic mass is 19.4. The molecule has 0 aliphatic rings. The maximum Gasteiger partial charge on any atom is 0.574 e. The zero-order valence-electron chi connectivity index (χ0n) is 10.8. The molecule has 118 valence electrons. The second kappa shape index (κ2) is 6.55. The van der Waals surface area contributed by atoms with Crippen LogP contribution < -0.4 is 9.47 Å². The third kappa shape index (κ3) is 4.43. The lowest BCUT2D eigenvalue weighted by Gasteiger charge is -2.15. The monoisotopic (exact) mass is 315 g/mol. The molecule has 0 N–H and O–H groups in total. The molecule has 0 radical (unpaired) electrons. The summed E-state index contributed by atoms with van der Waals surface area (Å²) in [5.74, 6) is -3.35. The van der Waals surface area contributed by atoms with E-state index in [1.54, 1.807) is 0 Å². The number of aromatic nitrogens is 1. The summed E-state index contributed by atoms with van der Waals surface area (Å²) in [6.07, 6.45) is -8.39. The number of ether oxygens (including phenoxy) is 3. The van der Waals surface area contributed by atoms with Crippen LogP contribution in [0, 0.1) is 0 Å². The van der Waals surface area contributed by atoms with Gasteiger partial charge >= 0.3 is 12.3 Å². The Morgan fingerprint density at radius 2 is 2.00 bits per heavy atom. The number of hydrogen-bond donors (Lipinski definition) is 0. The zero-order valence-corrected chi connectivity index (χ0v) is 10.8.